The lowest BCUT2D eigenvalue weighted by Crippen LogP contribution is -2.63. The van der Waals surface area contributed by atoms with Gasteiger partial charge in [-0.15, -0.1) is 6.58 Å². The van der Waals surface area contributed by atoms with E-state index in [0.717, 1.165) is 19.3 Å². The topological polar surface area (TPSA) is 191 Å². The molecular weight excluding hydrogens is 636 g/mol. The van der Waals surface area contributed by atoms with Crippen molar-refractivity contribution in [3.63, 3.8) is 0 Å². The predicted molar refractivity (Wildman–Crippen MR) is 184 cm³/mol. The summed E-state index contributed by atoms with van der Waals surface area (Å²) in [4.78, 5) is 53.7. The van der Waals surface area contributed by atoms with Crippen LogP contribution in [0.15, 0.2) is 35.8 Å². The molecule has 1 aliphatic heterocycles. The highest BCUT2D eigenvalue weighted by molar-refractivity contribution is 7.93. The van der Waals surface area contributed by atoms with Crippen LogP contribution in [-0.4, -0.2) is 96.9 Å². The molecule has 0 aromatic carbocycles. The SMILES string of the molecule is C=C[C@H]1CCN(C(O)[C@@H](NC(=O)N[C@H](CN(C)S(=O)(=O)C2=CC=CCC2)C(C)C)C(C)(C)C)[C@@H]1C(=O)NC(CC1CCC1)C(=O)C(N)=O. The van der Waals surface area contributed by atoms with Crippen LogP contribution in [-0.2, 0) is 24.4 Å². The van der Waals surface area contributed by atoms with Gasteiger partial charge >= 0.3 is 6.03 Å². The molecule has 6 N–H and O–H groups in total. The number of hydrogen-bond donors (Lipinski definition) is 5. The number of nitrogens with zero attached hydrogens (tertiary/aromatic N) is 2. The fourth-order valence-corrected chi connectivity index (χ4v) is 7.91. The number of nitrogens with two attached hydrogens (primary N) is 1. The maximum atomic E-state index is 13.8. The molecule has 270 valence electrons. The Kier molecular flexibility index (Phi) is 13.6. The minimum absolute atomic E-state index is 0.0403. The van der Waals surface area contributed by atoms with Crippen molar-refractivity contribution in [2.24, 2.45) is 28.9 Å². The molecule has 1 saturated carbocycles. The van der Waals surface area contributed by atoms with E-state index in [0.29, 0.717) is 37.1 Å². The highest BCUT2D eigenvalue weighted by atomic mass is 32.2. The maximum Gasteiger partial charge on any atom is 0.315 e. The first kappa shape index (κ1) is 39.4. The number of carbonyl (C=O) groups is 4. The van der Waals surface area contributed by atoms with E-state index in [-0.39, 0.29) is 24.3 Å². The van der Waals surface area contributed by atoms with Crippen molar-refractivity contribution in [2.45, 2.75) is 110 Å². The molecule has 0 spiro atoms. The van der Waals surface area contributed by atoms with E-state index in [9.17, 15) is 32.7 Å². The van der Waals surface area contributed by atoms with Gasteiger partial charge in [0, 0.05) is 32.1 Å². The molecule has 4 amide bonds. The summed E-state index contributed by atoms with van der Waals surface area (Å²) in [6, 6.07) is -3.99. The number of nitrogens with one attached hydrogen (secondary N) is 3. The summed E-state index contributed by atoms with van der Waals surface area (Å²) in [5.41, 5.74) is 4.62. The third-order valence-electron chi connectivity index (χ3n) is 9.87. The molecule has 14 heteroatoms. The molecule has 0 aromatic rings. The second-order valence-corrected chi connectivity index (χ2v) is 16.9. The number of urea groups is 1. The molecule has 2 aliphatic carbocycles. The number of primary amides is 1. The zero-order chi connectivity index (χ0) is 36.0. The summed E-state index contributed by atoms with van der Waals surface area (Å²) in [5, 5.41) is 20.4. The molecule has 0 aromatic heterocycles. The van der Waals surface area contributed by atoms with Crippen LogP contribution >= 0.6 is 0 Å². The van der Waals surface area contributed by atoms with Crippen molar-refractivity contribution in [3.05, 3.63) is 35.8 Å². The van der Waals surface area contributed by atoms with E-state index in [2.05, 4.69) is 22.5 Å². The first-order valence-corrected chi connectivity index (χ1v) is 18.4. The number of allylic oxidation sites excluding steroid dienone is 4. The number of hydrogen-bond acceptors (Lipinski definition) is 8. The second kappa shape index (κ2) is 16.6. The van der Waals surface area contributed by atoms with Crippen molar-refractivity contribution in [1.82, 2.24) is 25.2 Å². The summed E-state index contributed by atoms with van der Waals surface area (Å²) in [6.45, 7) is 13.6. The van der Waals surface area contributed by atoms with Gasteiger partial charge in [-0.1, -0.05) is 72.1 Å². The van der Waals surface area contributed by atoms with E-state index in [1.54, 1.807) is 23.1 Å². The Morgan fingerprint density at radius 1 is 1.15 bits per heavy atom. The molecule has 0 radical (unpaired) electrons. The van der Waals surface area contributed by atoms with E-state index < -0.39 is 69.5 Å². The highest BCUT2D eigenvalue weighted by Gasteiger charge is 2.47. The van der Waals surface area contributed by atoms with Crippen molar-refractivity contribution >= 4 is 33.7 Å². The van der Waals surface area contributed by atoms with Gasteiger partial charge in [-0.3, -0.25) is 19.3 Å². The van der Waals surface area contributed by atoms with Crippen LogP contribution in [0, 0.1) is 23.2 Å². The molecule has 2 unspecified atom stereocenters. The van der Waals surface area contributed by atoms with E-state index >= 15 is 0 Å². The largest absolute Gasteiger partial charge is 0.376 e. The Bertz CT molecular complexity index is 1370. The number of amides is 4. The number of likely N-dealkylation sites (N-methyl/N-ethyl adjacent to an activating group) is 1. The number of rotatable bonds is 16. The molecule has 48 heavy (non-hydrogen) atoms. The Labute approximate surface area is 285 Å². The molecule has 13 nitrogen and oxygen atoms in total. The summed E-state index contributed by atoms with van der Waals surface area (Å²) < 4.78 is 27.6. The fraction of sp³-hybridized carbons (Fsp3) is 0.706. The van der Waals surface area contributed by atoms with Gasteiger partial charge in [0.1, 0.15) is 6.23 Å². The predicted octanol–water partition coefficient (Wildman–Crippen LogP) is 2.14. The molecule has 3 rings (SSSR count). The van der Waals surface area contributed by atoms with Crippen LogP contribution in [0.3, 0.4) is 0 Å². The zero-order valence-corrected chi connectivity index (χ0v) is 30.1. The van der Waals surface area contributed by atoms with Gasteiger partial charge in [0.2, 0.25) is 21.7 Å². The van der Waals surface area contributed by atoms with E-state index in [1.807, 2.05) is 40.7 Å². The Morgan fingerprint density at radius 3 is 2.31 bits per heavy atom. The van der Waals surface area contributed by atoms with Crippen LogP contribution in [0.4, 0.5) is 4.79 Å². The number of ketones is 1. The molecular formula is C34H56N6O7S. The van der Waals surface area contributed by atoms with Crippen LogP contribution in [0.2, 0.25) is 0 Å². The number of likely N-dealkylation sites (tertiary alicyclic amines) is 1. The van der Waals surface area contributed by atoms with Crippen LogP contribution < -0.4 is 21.7 Å². The third kappa shape index (κ3) is 9.76. The molecule has 3 aliphatic rings. The first-order valence-electron chi connectivity index (χ1n) is 17.0. The zero-order valence-electron chi connectivity index (χ0n) is 29.3. The van der Waals surface area contributed by atoms with Gasteiger partial charge in [0.25, 0.3) is 5.91 Å². The minimum atomic E-state index is -3.71. The second-order valence-electron chi connectivity index (χ2n) is 14.8. The highest BCUT2D eigenvalue weighted by Crippen LogP contribution is 2.33. The molecule has 1 saturated heterocycles. The van der Waals surface area contributed by atoms with Gasteiger partial charge in [-0.2, -0.15) is 4.31 Å². The lowest BCUT2D eigenvalue weighted by molar-refractivity contribution is -0.141. The van der Waals surface area contributed by atoms with Gasteiger partial charge in [0.15, 0.2) is 0 Å². The average molecular weight is 693 g/mol. The number of sulfonamides is 1. The standard InChI is InChI=1S/C34H56N6O7S/c1-8-23-17-18-40(27(23)31(43)36-25(28(41)30(35)42)19-22-13-12-14-22)32(44)29(34(4,5)6)38-33(45)37-26(21(2)3)20-39(7)48(46,47)24-15-10-9-11-16-24/h8-10,15,21-23,25-27,29,32,44H,1,11-14,16-20H2,2-7H3,(H2,35,42)(H,36,43)(H2,37,38,45)/t23-,25?,26+,27-,29+,32?/m0/s1. The van der Waals surface area contributed by atoms with Crippen LogP contribution in [0.1, 0.15) is 79.6 Å². The monoisotopic (exact) mass is 692 g/mol. The fourth-order valence-electron chi connectivity index (χ4n) is 6.53. The van der Waals surface area contributed by atoms with Gasteiger partial charge < -0.3 is 26.8 Å². The van der Waals surface area contributed by atoms with Crippen LogP contribution in [0.25, 0.3) is 0 Å². The number of carbonyl (C=O) groups excluding carboxylic acids is 4. The molecule has 1 heterocycles. The summed E-state index contributed by atoms with van der Waals surface area (Å²) in [6.07, 6.45) is 10.3. The molecule has 2 fully saturated rings. The number of aliphatic hydroxyl groups is 1. The smallest absolute Gasteiger partial charge is 0.315 e. The molecule has 6 atom stereocenters. The van der Waals surface area contributed by atoms with Crippen molar-refractivity contribution in [2.75, 3.05) is 20.1 Å². The van der Waals surface area contributed by atoms with Gasteiger partial charge in [-0.05, 0) is 49.0 Å². The quantitative estimate of drug-likeness (QED) is 0.120. The number of aliphatic hydroxyl groups excluding tert-OH is 1. The summed E-state index contributed by atoms with van der Waals surface area (Å²) >= 11 is 0. The van der Waals surface area contributed by atoms with E-state index in [1.165, 1.54) is 11.4 Å². The lowest BCUT2D eigenvalue weighted by atomic mass is 9.80. The lowest BCUT2D eigenvalue weighted by Gasteiger charge is -2.41. The normalized spacial score (nSPS) is 23.1. The molecule has 0 bridgehead atoms. The van der Waals surface area contributed by atoms with Gasteiger partial charge in [-0.25, -0.2) is 13.2 Å². The Morgan fingerprint density at radius 2 is 1.81 bits per heavy atom. The first-order chi connectivity index (χ1) is 22.4. The third-order valence-corrected chi connectivity index (χ3v) is 11.8. The van der Waals surface area contributed by atoms with E-state index in [4.69, 9.17) is 5.73 Å². The van der Waals surface area contributed by atoms with Crippen LogP contribution in [0.5, 0.6) is 0 Å². The van der Waals surface area contributed by atoms with Crippen molar-refractivity contribution in [3.8, 4) is 0 Å². The van der Waals surface area contributed by atoms with Crippen molar-refractivity contribution < 1.29 is 32.7 Å². The van der Waals surface area contributed by atoms with Crippen molar-refractivity contribution in [1.29, 1.82) is 0 Å². The van der Waals surface area contributed by atoms with Gasteiger partial charge in [0.05, 0.1) is 23.0 Å². The maximum absolute atomic E-state index is 13.8. The Balaban J connectivity index is 1.77. The number of Topliss-reactive ketones (excluding diaryl/α,β-unsaturated/α-hetero) is 1. The summed E-state index contributed by atoms with van der Waals surface area (Å²) in [5.74, 6) is -2.77. The average Bonchev–Trinajstić information content (AvgIpc) is 3.44. The Hall–Kier alpha value is -3.07. The minimum Gasteiger partial charge on any atom is -0.376 e. The summed E-state index contributed by atoms with van der Waals surface area (Å²) in [7, 11) is -2.22.